The van der Waals surface area contributed by atoms with E-state index in [-0.39, 0.29) is 12.1 Å². The van der Waals surface area contributed by atoms with Crippen molar-refractivity contribution < 1.29 is 13.8 Å². The van der Waals surface area contributed by atoms with Gasteiger partial charge in [-0.1, -0.05) is 25.1 Å². The van der Waals surface area contributed by atoms with Crippen LogP contribution in [0.25, 0.3) is 11.0 Å². The molecule has 2 aromatic carbocycles. The Balaban J connectivity index is 1.74. The van der Waals surface area contributed by atoms with Gasteiger partial charge in [-0.3, -0.25) is 4.79 Å². The van der Waals surface area contributed by atoms with Gasteiger partial charge in [0.05, 0.1) is 5.56 Å². The Morgan fingerprint density at radius 2 is 2.05 bits per heavy atom. The molecule has 1 N–H and O–H groups in total. The van der Waals surface area contributed by atoms with Crippen molar-refractivity contribution in [3.05, 3.63) is 58.9 Å². The first-order valence-corrected chi connectivity index (χ1v) is 6.96. The fourth-order valence-electron chi connectivity index (χ4n) is 2.24. The molecule has 0 aliphatic heterocycles. The quantitative estimate of drug-likeness (QED) is 0.804. The van der Waals surface area contributed by atoms with Crippen LogP contribution in [0.15, 0.2) is 41.0 Å². The van der Waals surface area contributed by atoms with E-state index in [0.29, 0.717) is 23.0 Å². The molecule has 6 heteroatoms. The number of aryl methyl sites for hydroxylation is 1. The summed E-state index contributed by atoms with van der Waals surface area (Å²) in [6.45, 7) is 2.12. The van der Waals surface area contributed by atoms with Crippen LogP contribution in [0.5, 0.6) is 0 Å². The summed E-state index contributed by atoms with van der Waals surface area (Å²) in [5, 5.41) is 10.2. The molecule has 0 radical (unpaired) electrons. The lowest BCUT2D eigenvalue weighted by Gasteiger charge is -2.08. The van der Waals surface area contributed by atoms with Crippen molar-refractivity contribution in [2.75, 3.05) is 0 Å². The van der Waals surface area contributed by atoms with Gasteiger partial charge >= 0.3 is 0 Å². The fourth-order valence-corrected chi connectivity index (χ4v) is 2.24. The average molecular weight is 299 g/mol. The number of benzene rings is 2. The van der Waals surface area contributed by atoms with E-state index in [0.717, 1.165) is 5.56 Å². The summed E-state index contributed by atoms with van der Waals surface area (Å²) in [6, 6.07) is 10.2. The first-order valence-electron chi connectivity index (χ1n) is 6.96. The first kappa shape index (κ1) is 14.2. The van der Waals surface area contributed by atoms with Crippen molar-refractivity contribution in [3.63, 3.8) is 0 Å². The van der Waals surface area contributed by atoms with E-state index in [2.05, 4.69) is 20.3 Å². The third-order valence-electron chi connectivity index (χ3n) is 3.48. The molecule has 0 atom stereocenters. The number of nitrogens with one attached hydrogen (secondary N) is 1. The lowest BCUT2D eigenvalue weighted by atomic mass is 10.1. The molecule has 0 aliphatic rings. The van der Waals surface area contributed by atoms with Crippen LogP contribution in [0.1, 0.15) is 28.4 Å². The van der Waals surface area contributed by atoms with Crippen LogP contribution < -0.4 is 5.32 Å². The highest BCUT2D eigenvalue weighted by molar-refractivity contribution is 5.94. The van der Waals surface area contributed by atoms with Crippen molar-refractivity contribution in [2.45, 2.75) is 19.9 Å². The van der Waals surface area contributed by atoms with Crippen LogP contribution in [0.3, 0.4) is 0 Å². The maximum Gasteiger partial charge on any atom is 0.254 e. The number of fused-ring (bicyclic) bond motifs is 1. The van der Waals surface area contributed by atoms with Gasteiger partial charge in [0, 0.05) is 6.54 Å². The number of rotatable bonds is 4. The van der Waals surface area contributed by atoms with Gasteiger partial charge < -0.3 is 5.32 Å². The third kappa shape index (κ3) is 2.67. The number of halogens is 1. The zero-order chi connectivity index (χ0) is 15.5. The number of hydrogen-bond acceptors (Lipinski definition) is 4. The molecule has 22 heavy (non-hydrogen) atoms. The molecule has 0 saturated heterocycles. The van der Waals surface area contributed by atoms with Gasteiger partial charge in [0.2, 0.25) is 0 Å². The van der Waals surface area contributed by atoms with Gasteiger partial charge in [-0.15, -0.1) is 0 Å². The van der Waals surface area contributed by atoms with Crippen molar-refractivity contribution in [1.29, 1.82) is 0 Å². The zero-order valence-corrected chi connectivity index (χ0v) is 12.0. The Labute approximate surface area is 126 Å². The Hall–Kier alpha value is -2.76. The van der Waals surface area contributed by atoms with E-state index in [1.807, 2.05) is 13.0 Å². The number of carbonyl (C=O) groups is 1. The molecule has 3 aromatic rings. The van der Waals surface area contributed by atoms with E-state index in [1.165, 1.54) is 6.07 Å². The molecule has 0 fully saturated rings. The molecule has 1 amide bonds. The second-order valence-corrected chi connectivity index (χ2v) is 4.90. The lowest BCUT2D eigenvalue weighted by molar-refractivity contribution is 0.0946. The van der Waals surface area contributed by atoms with E-state index in [4.69, 9.17) is 0 Å². The fraction of sp³-hybridized carbons (Fsp3) is 0.188. The molecule has 5 nitrogen and oxygen atoms in total. The molecule has 1 heterocycles. The number of amides is 1. The average Bonchev–Trinajstić information content (AvgIpc) is 3.00. The largest absolute Gasteiger partial charge is 0.348 e. The summed E-state index contributed by atoms with van der Waals surface area (Å²) in [5.74, 6) is -0.898. The molecule has 3 rings (SSSR count). The summed E-state index contributed by atoms with van der Waals surface area (Å²) in [5.41, 5.74) is 2.69. The van der Waals surface area contributed by atoms with Crippen molar-refractivity contribution >= 4 is 16.9 Å². The van der Waals surface area contributed by atoms with Gasteiger partial charge in [-0.2, -0.15) is 0 Å². The van der Waals surface area contributed by atoms with Gasteiger partial charge in [-0.05, 0) is 46.1 Å². The molecule has 0 bridgehead atoms. The summed E-state index contributed by atoms with van der Waals surface area (Å²) in [7, 11) is 0. The second kappa shape index (κ2) is 5.93. The highest BCUT2D eigenvalue weighted by Crippen LogP contribution is 2.15. The van der Waals surface area contributed by atoms with Crippen molar-refractivity contribution in [1.82, 2.24) is 15.6 Å². The van der Waals surface area contributed by atoms with Gasteiger partial charge in [0.15, 0.2) is 0 Å². The standard InChI is InChI=1S/C16H14FN3O2/c1-2-11-4-3-5-12(15(11)17)16(21)18-9-10-6-7-13-14(8-10)20-22-19-13/h3-8H,2,9H2,1H3,(H,18,21). The molecule has 0 saturated carbocycles. The minimum atomic E-state index is -0.460. The molecule has 1 aromatic heterocycles. The predicted octanol–water partition coefficient (Wildman–Crippen LogP) is 2.85. The van der Waals surface area contributed by atoms with Crippen LogP contribution in [0.4, 0.5) is 4.39 Å². The maximum atomic E-state index is 14.1. The highest BCUT2D eigenvalue weighted by Gasteiger charge is 2.14. The monoisotopic (exact) mass is 299 g/mol. The van der Waals surface area contributed by atoms with Crippen LogP contribution in [-0.4, -0.2) is 16.2 Å². The molecule has 112 valence electrons. The van der Waals surface area contributed by atoms with E-state index in [1.54, 1.807) is 24.3 Å². The summed E-state index contributed by atoms with van der Waals surface area (Å²) in [4.78, 5) is 12.1. The molecule has 0 spiro atoms. The predicted molar refractivity (Wildman–Crippen MR) is 78.8 cm³/mol. The SMILES string of the molecule is CCc1cccc(C(=O)NCc2ccc3nonc3c2)c1F. The Bertz CT molecular complexity index is 829. The third-order valence-corrected chi connectivity index (χ3v) is 3.48. The van der Waals surface area contributed by atoms with Crippen LogP contribution in [-0.2, 0) is 13.0 Å². The van der Waals surface area contributed by atoms with Crippen LogP contribution in [0, 0.1) is 5.82 Å². The molecular formula is C16H14FN3O2. The van der Waals surface area contributed by atoms with Crippen LogP contribution >= 0.6 is 0 Å². The van der Waals surface area contributed by atoms with Gasteiger partial charge in [0.1, 0.15) is 16.9 Å². The minimum Gasteiger partial charge on any atom is -0.348 e. The summed E-state index contributed by atoms with van der Waals surface area (Å²) >= 11 is 0. The van der Waals surface area contributed by atoms with Crippen molar-refractivity contribution in [3.8, 4) is 0 Å². The number of carbonyl (C=O) groups excluding carboxylic acids is 1. The van der Waals surface area contributed by atoms with Gasteiger partial charge in [0.25, 0.3) is 5.91 Å². The highest BCUT2D eigenvalue weighted by atomic mass is 19.1. The molecule has 0 unspecified atom stereocenters. The zero-order valence-electron chi connectivity index (χ0n) is 12.0. The van der Waals surface area contributed by atoms with Crippen molar-refractivity contribution in [2.24, 2.45) is 0 Å². The summed E-state index contributed by atoms with van der Waals surface area (Å²) in [6.07, 6.45) is 0.544. The van der Waals surface area contributed by atoms with E-state index >= 15 is 0 Å². The topological polar surface area (TPSA) is 68.0 Å². The number of aromatic nitrogens is 2. The first-order chi connectivity index (χ1) is 10.7. The number of hydrogen-bond donors (Lipinski definition) is 1. The summed E-state index contributed by atoms with van der Waals surface area (Å²) < 4.78 is 18.7. The Morgan fingerprint density at radius 1 is 1.23 bits per heavy atom. The molecule has 0 aliphatic carbocycles. The Morgan fingerprint density at radius 3 is 2.86 bits per heavy atom. The minimum absolute atomic E-state index is 0.0588. The smallest absolute Gasteiger partial charge is 0.254 e. The maximum absolute atomic E-state index is 14.1. The Kier molecular flexibility index (Phi) is 3.82. The normalized spacial score (nSPS) is 10.8. The van der Waals surface area contributed by atoms with Crippen LogP contribution in [0.2, 0.25) is 0 Å². The second-order valence-electron chi connectivity index (χ2n) is 4.90. The lowest BCUT2D eigenvalue weighted by Crippen LogP contribution is -2.24. The van der Waals surface area contributed by atoms with E-state index in [9.17, 15) is 9.18 Å². The van der Waals surface area contributed by atoms with E-state index < -0.39 is 11.7 Å². The van der Waals surface area contributed by atoms with Gasteiger partial charge in [-0.25, -0.2) is 9.02 Å². The number of nitrogens with zero attached hydrogens (tertiary/aromatic N) is 2. The molecular weight excluding hydrogens is 285 g/mol.